The molecule has 0 aliphatic rings. The van der Waals surface area contributed by atoms with Gasteiger partial charge in [-0.3, -0.25) is 9.69 Å². The molecule has 1 N–H and O–H groups in total. The van der Waals surface area contributed by atoms with E-state index in [9.17, 15) is 4.79 Å². The van der Waals surface area contributed by atoms with Crippen LogP contribution in [0.3, 0.4) is 0 Å². The second-order valence-corrected chi connectivity index (χ2v) is 2.97. The summed E-state index contributed by atoms with van der Waals surface area (Å²) in [6.45, 7) is 5.20. The van der Waals surface area contributed by atoms with Crippen molar-refractivity contribution in [3.05, 3.63) is 12.7 Å². The molecule has 3 heteroatoms. The van der Waals surface area contributed by atoms with Gasteiger partial charge in [0.1, 0.15) is 5.54 Å². The highest BCUT2D eigenvalue weighted by atomic mass is 16.4. The molecule has 0 aromatic carbocycles. The van der Waals surface area contributed by atoms with Crippen LogP contribution in [0.4, 0.5) is 0 Å². The first-order valence-corrected chi connectivity index (χ1v) is 3.47. The van der Waals surface area contributed by atoms with Crippen molar-refractivity contribution in [3.63, 3.8) is 0 Å². The van der Waals surface area contributed by atoms with Crippen LogP contribution < -0.4 is 0 Å². The van der Waals surface area contributed by atoms with Gasteiger partial charge in [-0.1, -0.05) is 6.08 Å². The number of hydrogen-bond donors (Lipinski definition) is 1. The molecular weight excluding hydrogens is 142 g/mol. The topological polar surface area (TPSA) is 40.5 Å². The summed E-state index contributed by atoms with van der Waals surface area (Å²) in [7, 11) is 3.50. The lowest BCUT2D eigenvalue weighted by atomic mass is 9.97. The largest absolute Gasteiger partial charge is 0.480 e. The highest BCUT2D eigenvalue weighted by Gasteiger charge is 2.33. The molecule has 0 saturated heterocycles. The van der Waals surface area contributed by atoms with E-state index in [4.69, 9.17) is 5.11 Å². The first kappa shape index (κ1) is 10.2. The van der Waals surface area contributed by atoms with Gasteiger partial charge in [0.2, 0.25) is 0 Å². The summed E-state index contributed by atoms with van der Waals surface area (Å²) < 4.78 is 0. The van der Waals surface area contributed by atoms with Gasteiger partial charge in [-0.25, -0.2) is 0 Å². The van der Waals surface area contributed by atoms with Gasteiger partial charge in [0.25, 0.3) is 0 Å². The molecule has 11 heavy (non-hydrogen) atoms. The van der Waals surface area contributed by atoms with Crippen molar-refractivity contribution in [2.24, 2.45) is 0 Å². The highest BCUT2D eigenvalue weighted by Crippen LogP contribution is 2.16. The van der Waals surface area contributed by atoms with Crippen LogP contribution in [0.25, 0.3) is 0 Å². The zero-order valence-electron chi connectivity index (χ0n) is 7.29. The summed E-state index contributed by atoms with van der Waals surface area (Å²) >= 11 is 0. The second-order valence-electron chi connectivity index (χ2n) is 2.97. The van der Waals surface area contributed by atoms with E-state index >= 15 is 0 Å². The molecule has 0 spiro atoms. The average Bonchev–Trinajstić information content (AvgIpc) is 1.87. The molecule has 0 heterocycles. The molecule has 0 rings (SSSR count). The zero-order chi connectivity index (χ0) is 9.07. The maximum atomic E-state index is 10.8. The molecule has 3 nitrogen and oxygen atoms in total. The minimum Gasteiger partial charge on any atom is -0.480 e. The molecule has 0 fully saturated rings. The standard InChI is InChI=1S/C8H15NO2/c1-5-6-8(2,7(10)11)9(3)4/h5H,1,6H2,2-4H3,(H,10,11). The lowest BCUT2D eigenvalue weighted by molar-refractivity contribution is -0.148. The van der Waals surface area contributed by atoms with Gasteiger partial charge >= 0.3 is 5.97 Å². The number of likely N-dealkylation sites (N-methyl/N-ethyl adjacent to an activating group) is 1. The third-order valence-electron chi connectivity index (χ3n) is 1.99. The third-order valence-corrected chi connectivity index (χ3v) is 1.99. The Bertz CT molecular complexity index is 165. The van der Waals surface area contributed by atoms with E-state index in [0.717, 1.165) is 0 Å². The summed E-state index contributed by atoms with van der Waals surface area (Å²) in [6.07, 6.45) is 2.07. The summed E-state index contributed by atoms with van der Waals surface area (Å²) in [6, 6.07) is 0. The van der Waals surface area contributed by atoms with E-state index in [1.165, 1.54) is 0 Å². The Balaban J connectivity index is 4.51. The lowest BCUT2D eigenvalue weighted by Crippen LogP contribution is -2.48. The summed E-state index contributed by atoms with van der Waals surface area (Å²) in [5.41, 5.74) is -0.818. The number of hydrogen-bond acceptors (Lipinski definition) is 2. The van der Waals surface area contributed by atoms with Gasteiger partial charge in [0, 0.05) is 0 Å². The monoisotopic (exact) mass is 157 g/mol. The van der Waals surface area contributed by atoms with Crippen molar-refractivity contribution in [3.8, 4) is 0 Å². The van der Waals surface area contributed by atoms with E-state index in [-0.39, 0.29) is 0 Å². The van der Waals surface area contributed by atoms with Gasteiger partial charge < -0.3 is 5.11 Å². The van der Waals surface area contributed by atoms with E-state index in [0.29, 0.717) is 6.42 Å². The Labute approximate surface area is 67.3 Å². The van der Waals surface area contributed by atoms with E-state index in [2.05, 4.69) is 6.58 Å². The minimum absolute atomic E-state index is 0.454. The molecule has 0 aromatic heterocycles. The van der Waals surface area contributed by atoms with Crippen LogP contribution in [0.15, 0.2) is 12.7 Å². The summed E-state index contributed by atoms with van der Waals surface area (Å²) in [4.78, 5) is 12.4. The predicted molar refractivity (Wildman–Crippen MR) is 44.5 cm³/mol. The molecule has 0 amide bonds. The maximum absolute atomic E-state index is 10.8. The van der Waals surface area contributed by atoms with Crippen molar-refractivity contribution in [1.29, 1.82) is 0 Å². The molecule has 0 bridgehead atoms. The molecule has 0 radical (unpaired) electrons. The summed E-state index contributed by atoms with van der Waals surface area (Å²) in [5, 5.41) is 8.84. The zero-order valence-corrected chi connectivity index (χ0v) is 7.29. The number of carbonyl (C=O) groups is 1. The van der Waals surface area contributed by atoms with E-state index in [1.807, 2.05) is 0 Å². The van der Waals surface area contributed by atoms with Gasteiger partial charge in [-0.05, 0) is 27.4 Å². The van der Waals surface area contributed by atoms with Crippen molar-refractivity contribution in [1.82, 2.24) is 4.90 Å². The third kappa shape index (κ3) is 2.05. The van der Waals surface area contributed by atoms with Crippen LogP contribution in [-0.2, 0) is 4.79 Å². The van der Waals surface area contributed by atoms with Crippen LogP contribution in [-0.4, -0.2) is 35.6 Å². The second kappa shape index (κ2) is 3.53. The van der Waals surface area contributed by atoms with Gasteiger partial charge in [-0.2, -0.15) is 0 Å². The molecule has 0 saturated carbocycles. The molecule has 1 atom stereocenters. The van der Waals surface area contributed by atoms with Crippen molar-refractivity contribution in [2.45, 2.75) is 18.9 Å². The van der Waals surface area contributed by atoms with Gasteiger partial charge in [0.15, 0.2) is 0 Å². The van der Waals surface area contributed by atoms with E-state index in [1.54, 1.807) is 32.0 Å². The number of rotatable bonds is 4. The Hall–Kier alpha value is -0.830. The Morgan fingerprint density at radius 2 is 2.18 bits per heavy atom. The van der Waals surface area contributed by atoms with E-state index < -0.39 is 11.5 Å². The highest BCUT2D eigenvalue weighted by molar-refractivity contribution is 5.78. The Morgan fingerprint density at radius 1 is 1.73 bits per heavy atom. The Morgan fingerprint density at radius 3 is 2.27 bits per heavy atom. The van der Waals surface area contributed by atoms with Crippen molar-refractivity contribution >= 4 is 5.97 Å². The summed E-state index contributed by atoms with van der Waals surface area (Å²) in [5.74, 6) is -0.817. The number of aliphatic carboxylic acids is 1. The first-order chi connectivity index (χ1) is 4.95. The number of nitrogens with zero attached hydrogens (tertiary/aromatic N) is 1. The lowest BCUT2D eigenvalue weighted by Gasteiger charge is -2.30. The fourth-order valence-electron chi connectivity index (χ4n) is 0.742. The molecule has 64 valence electrons. The molecule has 0 aliphatic carbocycles. The van der Waals surface area contributed by atoms with Crippen LogP contribution in [0, 0.1) is 0 Å². The molecular formula is C8H15NO2. The Kier molecular flexibility index (Phi) is 3.26. The fourth-order valence-corrected chi connectivity index (χ4v) is 0.742. The SMILES string of the molecule is C=CCC(C)(C(=O)O)N(C)C. The van der Waals surface area contributed by atoms with Crippen molar-refractivity contribution in [2.75, 3.05) is 14.1 Å². The number of carboxylic acids is 1. The molecule has 0 aromatic rings. The quantitative estimate of drug-likeness (QED) is 0.618. The van der Waals surface area contributed by atoms with Crippen LogP contribution >= 0.6 is 0 Å². The molecule has 1 unspecified atom stereocenters. The van der Waals surface area contributed by atoms with Crippen LogP contribution in [0.5, 0.6) is 0 Å². The first-order valence-electron chi connectivity index (χ1n) is 3.47. The van der Waals surface area contributed by atoms with Gasteiger partial charge in [0.05, 0.1) is 0 Å². The van der Waals surface area contributed by atoms with Crippen LogP contribution in [0.1, 0.15) is 13.3 Å². The normalized spacial score (nSPS) is 16.0. The predicted octanol–water partition coefficient (Wildman–Crippen LogP) is 0.967. The average molecular weight is 157 g/mol. The fraction of sp³-hybridized carbons (Fsp3) is 0.625. The maximum Gasteiger partial charge on any atom is 0.324 e. The minimum atomic E-state index is -0.818. The van der Waals surface area contributed by atoms with Gasteiger partial charge in [-0.15, -0.1) is 6.58 Å². The number of carboxylic acid groups (broad SMARTS) is 1. The van der Waals surface area contributed by atoms with Crippen molar-refractivity contribution < 1.29 is 9.90 Å². The smallest absolute Gasteiger partial charge is 0.324 e. The van der Waals surface area contributed by atoms with Crippen LogP contribution in [0.2, 0.25) is 0 Å². The molecule has 0 aliphatic heterocycles.